The van der Waals surface area contributed by atoms with Crippen molar-refractivity contribution in [1.29, 1.82) is 0 Å². The third-order valence-electron chi connectivity index (χ3n) is 5.53. The summed E-state index contributed by atoms with van der Waals surface area (Å²) in [5.41, 5.74) is 4.59. The molecule has 0 unspecified atom stereocenters. The summed E-state index contributed by atoms with van der Waals surface area (Å²) in [5.74, 6) is -0.801. The maximum Gasteiger partial charge on any atom is 0.311 e. The Hall–Kier alpha value is -1.10. The molecule has 2 aliphatic rings. The van der Waals surface area contributed by atoms with Gasteiger partial charge in [0, 0.05) is 13.1 Å². The van der Waals surface area contributed by atoms with E-state index in [4.69, 9.17) is 5.73 Å². The molecule has 1 amide bonds. The fraction of sp³-hybridized carbons (Fsp3) is 0.875. The van der Waals surface area contributed by atoms with E-state index in [0.717, 1.165) is 51.4 Å². The largest absolute Gasteiger partial charge is 0.481 e. The monoisotopic (exact) mass is 296 g/mol. The van der Waals surface area contributed by atoms with E-state index in [0.29, 0.717) is 19.4 Å². The third-order valence-corrected chi connectivity index (χ3v) is 5.53. The van der Waals surface area contributed by atoms with Crippen LogP contribution >= 0.6 is 0 Å². The molecule has 0 aromatic heterocycles. The number of amides is 1. The van der Waals surface area contributed by atoms with Gasteiger partial charge in [0.2, 0.25) is 5.91 Å². The summed E-state index contributed by atoms with van der Waals surface area (Å²) in [7, 11) is 0. The van der Waals surface area contributed by atoms with E-state index in [2.05, 4.69) is 5.32 Å². The Bertz CT molecular complexity index is 381. The first kappa shape index (κ1) is 16.3. The molecule has 0 bridgehead atoms. The zero-order chi connectivity index (χ0) is 15.3. The average molecular weight is 296 g/mol. The van der Waals surface area contributed by atoms with Crippen molar-refractivity contribution in [3.8, 4) is 0 Å². The smallest absolute Gasteiger partial charge is 0.311 e. The van der Waals surface area contributed by atoms with Crippen molar-refractivity contribution >= 4 is 11.9 Å². The lowest BCUT2D eigenvalue weighted by atomic mass is 9.79. The molecule has 4 N–H and O–H groups in total. The van der Waals surface area contributed by atoms with Gasteiger partial charge in [-0.2, -0.15) is 0 Å². The summed E-state index contributed by atoms with van der Waals surface area (Å²) in [6.45, 7) is 0.613. The van der Waals surface area contributed by atoms with E-state index >= 15 is 0 Å². The minimum atomic E-state index is -0.777. The van der Waals surface area contributed by atoms with Gasteiger partial charge in [-0.1, -0.05) is 38.5 Å². The van der Waals surface area contributed by atoms with Gasteiger partial charge in [0.1, 0.15) is 0 Å². The lowest BCUT2D eigenvalue weighted by molar-refractivity contribution is -0.150. The number of rotatable bonds is 5. The molecule has 0 atom stereocenters. The van der Waals surface area contributed by atoms with Crippen LogP contribution in [0.4, 0.5) is 0 Å². The standard InChI is InChI=1S/C16H28N2O3/c17-11-15(7-5-6-8-15)13(19)18-12-16(14(20)21)9-3-1-2-4-10-16/h1-12,17H2,(H,18,19)(H,20,21). The summed E-state index contributed by atoms with van der Waals surface area (Å²) in [5, 5.41) is 12.6. The first-order valence-electron chi connectivity index (χ1n) is 8.26. The third kappa shape index (κ3) is 3.39. The van der Waals surface area contributed by atoms with Gasteiger partial charge >= 0.3 is 5.97 Å². The van der Waals surface area contributed by atoms with Crippen molar-refractivity contribution in [2.45, 2.75) is 64.2 Å². The zero-order valence-electron chi connectivity index (χ0n) is 12.8. The summed E-state index contributed by atoms with van der Waals surface area (Å²) in [6, 6.07) is 0. The van der Waals surface area contributed by atoms with Crippen LogP contribution in [0.15, 0.2) is 0 Å². The van der Waals surface area contributed by atoms with Gasteiger partial charge in [0.25, 0.3) is 0 Å². The van der Waals surface area contributed by atoms with Crippen LogP contribution in [-0.4, -0.2) is 30.1 Å². The molecule has 0 aromatic rings. The van der Waals surface area contributed by atoms with Gasteiger partial charge in [-0.05, 0) is 25.7 Å². The van der Waals surface area contributed by atoms with E-state index in [9.17, 15) is 14.7 Å². The molecule has 0 saturated heterocycles. The molecule has 5 nitrogen and oxygen atoms in total. The number of aliphatic carboxylic acids is 1. The number of carboxylic acids is 1. The highest BCUT2D eigenvalue weighted by molar-refractivity contribution is 5.84. The van der Waals surface area contributed by atoms with Crippen molar-refractivity contribution in [2.24, 2.45) is 16.6 Å². The normalized spacial score (nSPS) is 24.2. The molecule has 2 saturated carbocycles. The molecule has 2 aliphatic carbocycles. The predicted molar refractivity (Wildman–Crippen MR) is 80.7 cm³/mol. The van der Waals surface area contributed by atoms with Gasteiger partial charge in [-0.3, -0.25) is 9.59 Å². The first-order valence-corrected chi connectivity index (χ1v) is 8.26. The molecule has 21 heavy (non-hydrogen) atoms. The van der Waals surface area contributed by atoms with Crippen LogP contribution in [0.25, 0.3) is 0 Å². The number of carbonyl (C=O) groups excluding carboxylic acids is 1. The van der Waals surface area contributed by atoms with Crippen LogP contribution in [0.1, 0.15) is 64.2 Å². The highest BCUT2D eigenvalue weighted by atomic mass is 16.4. The van der Waals surface area contributed by atoms with E-state index in [1.807, 2.05) is 0 Å². The summed E-state index contributed by atoms with van der Waals surface area (Å²) < 4.78 is 0. The molecule has 2 fully saturated rings. The SMILES string of the molecule is NCC1(C(=O)NCC2(C(=O)O)CCCCCC2)CCCC1. The second-order valence-corrected chi connectivity index (χ2v) is 6.87. The van der Waals surface area contributed by atoms with Gasteiger partial charge in [-0.15, -0.1) is 0 Å². The van der Waals surface area contributed by atoms with Gasteiger partial charge in [0.05, 0.1) is 10.8 Å². The number of nitrogens with two attached hydrogens (primary N) is 1. The second-order valence-electron chi connectivity index (χ2n) is 6.87. The minimum Gasteiger partial charge on any atom is -0.481 e. The fourth-order valence-corrected chi connectivity index (χ4v) is 3.88. The summed E-state index contributed by atoms with van der Waals surface area (Å²) in [6.07, 6.45) is 9.12. The Morgan fingerprint density at radius 2 is 1.38 bits per heavy atom. The van der Waals surface area contributed by atoms with Crippen molar-refractivity contribution in [2.75, 3.05) is 13.1 Å². The quantitative estimate of drug-likeness (QED) is 0.677. The van der Waals surface area contributed by atoms with E-state index < -0.39 is 16.8 Å². The van der Waals surface area contributed by atoms with E-state index in [1.54, 1.807) is 0 Å². The van der Waals surface area contributed by atoms with E-state index in [1.165, 1.54) is 0 Å². The van der Waals surface area contributed by atoms with Gasteiger partial charge < -0.3 is 16.2 Å². The highest BCUT2D eigenvalue weighted by Crippen LogP contribution is 2.38. The fourth-order valence-electron chi connectivity index (χ4n) is 3.88. The number of hydrogen-bond donors (Lipinski definition) is 3. The Morgan fingerprint density at radius 3 is 1.86 bits per heavy atom. The van der Waals surface area contributed by atoms with Crippen LogP contribution < -0.4 is 11.1 Å². The Morgan fingerprint density at radius 1 is 0.905 bits per heavy atom. The van der Waals surface area contributed by atoms with E-state index in [-0.39, 0.29) is 12.5 Å². The van der Waals surface area contributed by atoms with Crippen LogP contribution in [0.5, 0.6) is 0 Å². The predicted octanol–water partition coefficient (Wildman–Crippen LogP) is 2.05. The molecule has 120 valence electrons. The highest BCUT2D eigenvalue weighted by Gasteiger charge is 2.43. The maximum atomic E-state index is 12.5. The average Bonchev–Trinajstić information content (AvgIpc) is 2.84. The van der Waals surface area contributed by atoms with Crippen LogP contribution in [0, 0.1) is 10.8 Å². The zero-order valence-corrected chi connectivity index (χ0v) is 12.8. The van der Waals surface area contributed by atoms with Crippen LogP contribution in [0.3, 0.4) is 0 Å². The van der Waals surface area contributed by atoms with Gasteiger partial charge in [-0.25, -0.2) is 0 Å². The number of carbonyl (C=O) groups is 2. The topological polar surface area (TPSA) is 92.4 Å². The second kappa shape index (κ2) is 6.77. The molecule has 0 radical (unpaired) electrons. The van der Waals surface area contributed by atoms with Crippen molar-refractivity contribution in [3.05, 3.63) is 0 Å². The molecule has 0 aliphatic heterocycles. The Labute approximate surface area is 126 Å². The molecule has 5 heteroatoms. The number of nitrogens with one attached hydrogen (secondary N) is 1. The van der Waals surface area contributed by atoms with Crippen molar-refractivity contribution < 1.29 is 14.7 Å². The lowest BCUT2D eigenvalue weighted by Crippen LogP contribution is -2.49. The molecular weight excluding hydrogens is 268 g/mol. The van der Waals surface area contributed by atoms with Crippen LogP contribution in [-0.2, 0) is 9.59 Å². The maximum absolute atomic E-state index is 12.5. The van der Waals surface area contributed by atoms with Crippen molar-refractivity contribution in [1.82, 2.24) is 5.32 Å². The summed E-state index contributed by atoms with van der Waals surface area (Å²) in [4.78, 5) is 24.2. The molecular formula is C16H28N2O3. The first-order chi connectivity index (χ1) is 10.0. The number of hydrogen-bond acceptors (Lipinski definition) is 3. The number of carboxylic acid groups (broad SMARTS) is 1. The Kier molecular flexibility index (Phi) is 5.25. The summed E-state index contributed by atoms with van der Waals surface area (Å²) >= 11 is 0. The van der Waals surface area contributed by atoms with Crippen molar-refractivity contribution in [3.63, 3.8) is 0 Å². The van der Waals surface area contributed by atoms with Gasteiger partial charge in [0.15, 0.2) is 0 Å². The minimum absolute atomic E-state index is 0.0348. The molecule has 2 rings (SSSR count). The molecule has 0 heterocycles. The van der Waals surface area contributed by atoms with Crippen LogP contribution in [0.2, 0.25) is 0 Å². The lowest BCUT2D eigenvalue weighted by Gasteiger charge is -2.31. The molecule has 0 aromatic carbocycles. The molecule has 0 spiro atoms. The Balaban J connectivity index is 2.01.